The van der Waals surface area contributed by atoms with Gasteiger partial charge in [-0.1, -0.05) is 42.0 Å². The van der Waals surface area contributed by atoms with Crippen LogP contribution in [-0.2, 0) is 6.54 Å². The van der Waals surface area contributed by atoms with E-state index in [9.17, 15) is 0 Å². The van der Waals surface area contributed by atoms with E-state index in [2.05, 4.69) is 83.3 Å². The Morgan fingerprint density at radius 2 is 1.71 bits per heavy atom. The Balaban J connectivity index is 1.37. The number of anilines is 1. The summed E-state index contributed by atoms with van der Waals surface area (Å²) in [5.74, 6) is 2.95. The highest BCUT2D eigenvalue weighted by atomic mass is 16.6. The fraction of sp³-hybridized carbons (Fsp3) is 0.357. The number of nitrogens with one attached hydrogen (secondary N) is 2. The summed E-state index contributed by atoms with van der Waals surface area (Å²) in [7, 11) is 0. The van der Waals surface area contributed by atoms with Crippen LogP contribution in [0.15, 0.2) is 60.7 Å². The lowest BCUT2D eigenvalue weighted by molar-refractivity contribution is 0.171. The van der Waals surface area contributed by atoms with Gasteiger partial charge in [0.05, 0.1) is 18.7 Å². The second-order valence-electron chi connectivity index (χ2n) is 9.33. The van der Waals surface area contributed by atoms with E-state index in [1.54, 1.807) is 0 Å². The number of hydrazine groups is 1. The van der Waals surface area contributed by atoms with Gasteiger partial charge in [0.1, 0.15) is 19.0 Å². The summed E-state index contributed by atoms with van der Waals surface area (Å²) in [5.41, 5.74) is 13.5. The lowest BCUT2D eigenvalue weighted by atomic mass is 9.81. The highest BCUT2D eigenvalue weighted by molar-refractivity contribution is 5.65. The Bertz CT molecular complexity index is 1180. The zero-order valence-electron chi connectivity index (χ0n) is 19.7. The summed E-state index contributed by atoms with van der Waals surface area (Å²) < 4.78 is 17.5. The van der Waals surface area contributed by atoms with Crippen LogP contribution in [0, 0.1) is 12.8 Å². The number of aryl methyl sites for hydroxylation is 1. The van der Waals surface area contributed by atoms with E-state index in [0.29, 0.717) is 25.7 Å². The monoisotopic (exact) mass is 457 g/mol. The van der Waals surface area contributed by atoms with Crippen LogP contribution in [0.3, 0.4) is 0 Å². The van der Waals surface area contributed by atoms with Crippen molar-refractivity contribution in [3.63, 3.8) is 0 Å². The van der Waals surface area contributed by atoms with Crippen LogP contribution < -0.4 is 30.0 Å². The average molecular weight is 458 g/mol. The van der Waals surface area contributed by atoms with Crippen LogP contribution in [0.25, 0.3) is 0 Å². The van der Waals surface area contributed by atoms with Crippen molar-refractivity contribution >= 4 is 5.69 Å². The standard InChI is InChI=1S/C28H31N3O3/c1-3-32-21-9-7-20(8-10-21)27-23-17-31(16-19-6-4-5-18(2)13-19)24-15-26-25(33-11-12-34-26)14-22(24)28(23)30-29-27/h4-10,13-15,23,27-30H,3,11-12,16-17H2,1-2H3. The molecule has 176 valence electrons. The quantitative estimate of drug-likeness (QED) is 0.580. The molecule has 3 heterocycles. The molecule has 3 unspecified atom stereocenters. The van der Waals surface area contributed by atoms with Crippen LogP contribution in [0.1, 0.15) is 41.3 Å². The molecule has 0 aromatic heterocycles. The number of ether oxygens (including phenoxy) is 3. The fourth-order valence-corrected chi connectivity index (χ4v) is 5.52. The van der Waals surface area contributed by atoms with Crippen molar-refractivity contribution in [2.24, 2.45) is 5.92 Å². The van der Waals surface area contributed by atoms with E-state index in [1.807, 2.05) is 6.92 Å². The SMILES string of the molecule is CCOc1ccc(C2NNC3c4cc5c(cc4N(Cc4cccc(C)c4)CC23)OCCO5)cc1. The lowest BCUT2D eigenvalue weighted by Gasteiger charge is -2.40. The smallest absolute Gasteiger partial charge is 0.163 e. The maximum atomic E-state index is 5.95. The van der Waals surface area contributed by atoms with Gasteiger partial charge < -0.3 is 19.1 Å². The third-order valence-electron chi connectivity index (χ3n) is 7.06. The maximum Gasteiger partial charge on any atom is 0.163 e. The predicted molar refractivity (Wildman–Crippen MR) is 133 cm³/mol. The molecule has 0 bridgehead atoms. The first kappa shape index (κ1) is 21.3. The molecule has 6 rings (SSSR count). The van der Waals surface area contributed by atoms with Gasteiger partial charge >= 0.3 is 0 Å². The number of fused-ring (bicyclic) bond motifs is 4. The first-order valence-electron chi connectivity index (χ1n) is 12.2. The molecule has 1 saturated heterocycles. The molecule has 3 atom stereocenters. The van der Waals surface area contributed by atoms with Gasteiger partial charge in [-0.25, -0.2) is 10.9 Å². The second-order valence-corrected chi connectivity index (χ2v) is 9.33. The molecule has 1 fully saturated rings. The summed E-state index contributed by atoms with van der Waals surface area (Å²) in [4.78, 5) is 2.50. The molecule has 6 heteroatoms. The highest BCUT2D eigenvalue weighted by Crippen LogP contribution is 2.49. The van der Waals surface area contributed by atoms with Crippen molar-refractivity contribution in [2.75, 3.05) is 31.3 Å². The lowest BCUT2D eigenvalue weighted by Crippen LogP contribution is -2.39. The van der Waals surface area contributed by atoms with Crippen LogP contribution in [0.5, 0.6) is 17.2 Å². The Kier molecular flexibility index (Phi) is 5.55. The van der Waals surface area contributed by atoms with Crippen molar-refractivity contribution in [3.8, 4) is 17.2 Å². The summed E-state index contributed by atoms with van der Waals surface area (Å²) in [5, 5.41) is 0. The third kappa shape index (κ3) is 3.87. The first-order valence-corrected chi connectivity index (χ1v) is 12.2. The topological polar surface area (TPSA) is 55.0 Å². The predicted octanol–water partition coefficient (Wildman–Crippen LogP) is 4.69. The minimum Gasteiger partial charge on any atom is -0.494 e. The number of benzene rings is 3. The fourth-order valence-electron chi connectivity index (χ4n) is 5.52. The van der Waals surface area contributed by atoms with E-state index in [-0.39, 0.29) is 12.1 Å². The number of nitrogens with zero attached hydrogens (tertiary/aromatic N) is 1. The van der Waals surface area contributed by atoms with Crippen molar-refractivity contribution < 1.29 is 14.2 Å². The van der Waals surface area contributed by atoms with Gasteiger partial charge in [-0.3, -0.25) is 0 Å². The molecular weight excluding hydrogens is 426 g/mol. The molecule has 0 saturated carbocycles. The van der Waals surface area contributed by atoms with Crippen molar-refractivity contribution in [1.82, 2.24) is 10.9 Å². The van der Waals surface area contributed by atoms with Gasteiger partial charge in [0.2, 0.25) is 0 Å². The minimum atomic E-state index is 0.191. The summed E-state index contributed by atoms with van der Waals surface area (Å²) >= 11 is 0. The molecule has 0 aliphatic carbocycles. The molecule has 0 spiro atoms. The van der Waals surface area contributed by atoms with Crippen molar-refractivity contribution in [3.05, 3.63) is 82.9 Å². The van der Waals surface area contributed by atoms with Gasteiger partial charge in [-0.15, -0.1) is 0 Å². The van der Waals surface area contributed by atoms with E-state index in [0.717, 1.165) is 30.3 Å². The number of hydrogen-bond donors (Lipinski definition) is 2. The summed E-state index contributed by atoms with van der Waals surface area (Å²) in [6.45, 7) is 7.81. The zero-order chi connectivity index (χ0) is 23.1. The molecule has 2 N–H and O–H groups in total. The first-order chi connectivity index (χ1) is 16.7. The maximum absolute atomic E-state index is 5.95. The molecule has 34 heavy (non-hydrogen) atoms. The molecule has 6 nitrogen and oxygen atoms in total. The molecule has 3 aromatic carbocycles. The molecular formula is C28H31N3O3. The summed E-state index contributed by atoms with van der Waals surface area (Å²) in [6.07, 6.45) is 0. The van der Waals surface area contributed by atoms with Crippen molar-refractivity contribution in [1.29, 1.82) is 0 Å². The Morgan fingerprint density at radius 3 is 2.47 bits per heavy atom. The minimum absolute atomic E-state index is 0.191. The highest BCUT2D eigenvalue weighted by Gasteiger charge is 2.44. The summed E-state index contributed by atoms with van der Waals surface area (Å²) in [6, 6.07) is 22.0. The number of hydrogen-bond acceptors (Lipinski definition) is 6. The van der Waals surface area contributed by atoms with Crippen molar-refractivity contribution in [2.45, 2.75) is 32.5 Å². The number of rotatable bonds is 5. The van der Waals surface area contributed by atoms with Gasteiger partial charge in [0, 0.05) is 30.8 Å². The molecule has 0 radical (unpaired) electrons. The Morgan fingerprint density at radius 1 is 0.941 bits per heavy atom. The van der Waals surface area contributed by atoms with E-state index in [4.69, 9.17) is 14.2 Å². The Labute approximate surface area is 200 Å². The average Bonchev–Trinajstić information content (AvgIpc) is 3.28. The van der Waals surface area contributed by atoms with Crippen LogP contribution in [0.4, 0.5) is 5.69 Å². The zero-order valence-corrected chi connectivity index (χ0v) is 19.7. The molecule has 3 aliphatic heterocycles. The van der Waals surface area contributed by atoms with Crippen LogP contribution in [0.2, 0.25) is 0 Å². The van der Waals surface area contributed by atoms with E-state index >= 15 is 0 Å². The van der Waals surface area contributed by atoms with Gasteiger partial charge in [-0.2, -0.15) is 0 Å². The van der Waals surface area contributed by atoms with Gasteiger partial charge in [0.25, 0.3) is 0 Å². The van der Waals surface area contributed by atoms with Crippen LogP contribution >= 0.6 is 0 Å². The molecule has 0 amide bonds. The van der Waals surface area contributed by atoms with Crippen LogP contribution in [-0.4, -0.2) is 26.4 Å². The van der Waals surface area contributed by atoms with Gasteiger partial charge in [-0.05, 0) is 48.7 Å². The molecule has 3 aromatic rings. The normalized spacial score (nSPS) is 22.8. The van der Waals surface area contributed by atoms with E-state index < -0.39 is 0 Å². The third-order valence-corrected chi connectivity index (χ3v) is 7.06. The van der Waals surface area contributed by atoms with Gasteiger partial charge in [0.15, 0.2) is 11.5 Å². The molecule has 3 aliphatic rings. The Hall–Kier alpha value is -3.22. The second kappa shape index (κ2) is 8.85. The largest absolute Gasteiger partial charge is 0.494 e. The van der Waals surface area contributed by atoms with E-state index in [1.165, 1.54) is 27.9 Å².